The van der Waals surface area contributed by atoms with Crippen LogP contribution in [0.15, 0.2) is 35.3 Å². The number of benzene rings is 1. The number of carbonyl (C=O) groups is 1. The summed E-state index contributed by atoms with van der Waals surface area (Å²) in [6, 6.07) is 5.49. The Hall–Kier alpha value is -2.99. The van der Waals surface area contributed by atoms with Crippen LogP contribution >= 0.6 is 11.6 Å². The van der Waals surface area contributed by atoms with E-state index in [1.807, 2.05) is 6.07 Å². The molecule has 1 atom stereocenters. The average Bonchev–Trinajstić information content (AvgIpc) is 2.58. The number of hydrogen-bond acceptors (Lipinski definition) is 4. The maximum atomic E-state index is 12.6. The minimum atomic E-state index is -4.66. The van der Waals surface area contributed by atoms with E-state index in [0.29, 0.717) is 0 Å². The van der Waals surface area contributed by atoms with Crippen molar-refractivity contribution in [1.29, 1.82) is 5.26 Å². The van der Waals surface area contributed by atoms with E-state index in [4.69, 9.17) is 21.4 Å². The molecule has 0 amide bonds. The number of nitriles is 1. The molecule has 6 nitrogen and oxygen atoms in total. The molecule has 0 radical (unpaired) electrons. The van der Waals surface area contributed by atoms with Gasteiger partial charge in [-0.1, -0.05) is 11.6 Å². The number of nitrogens with zero attached hydrogens (tertiary/aromatic N) is 2. The first-order valence-corrected chi connectivity index (χ1v) is 7.80. The maximum Gasteiger partial charge on any atom is 0.422 e. The summed E-state index contributed by atoms with van der Waals surface area (Å²) in [7, 11) is 0. The first-order valence-electron chi connectivity index (χ1n) is 7.42. The van der Waals surface area contributed by atoms with E-state index in [0.717, 1.165) is 16.8 Å². The molecule has 10 heteroatoms. The smallest absolute Gasteiger partial charge is 0.422 e. The highest BCUT2D eigenvalue weighted by atomic mass is 35.5. The fourth-order valence-corrected chi connectivity index (χ4v) is 2.44. The fraction of sp³-hybridized carbons (Fsp3) is 0.235. The minimum absolute atomic E-state index is 0.0553. The van der Waals surface area contributed by atoms with Gasteiger partial charge in [0.25, 0.3) is 5.56 Å². The van der Waals surface area contributed by atoms with Crippen LogP contribution in [-0.4, -0.2) is 28.4 Å². The molecule has 1 unspecified atom stereocenters. The summed E-state index contributed by atoms with van der Waals surface area (Å²) < 4.78 is 43.3. The van der Waals surface area contributed by atoms with Gasteiger partial charge in [0, 0.05) is 22.2 Å². The van der Waals surface area contributed by atoms with Crippen molar-refractivity contribution in [2.45, 2.75) is 19.1 Å². The minimum Gasteiger partial charge on any atom is -0.482 e. The summed E-state index contributed by atoms with van der Waals surface area (Å²) in [5, 5.41) is 18.5. The van der Waals surface area contributed by atoms with Crippen LogP contribution in [0.1, 0.15) is 18.5 Å². The van der Waals surface area contributed by atoms with E-state index in [9.17, 15) is 28.0 Å². The molecular weight excluding hydrogens is 389 g/mol. The van der Waals surface area contributed by atoms with Crippen molar-refractivity contribution in [3.05, 3.63) is 51.4 Å². The molecule has 0 fully saturated rings. The van der Waals surface area contributed by atoms with Gasteiger partial charge < -0.3 is 9.84 Å². The molecule has 27 heavy (non-hydrogen) atoms. The van der Waals surface area contributed by atoms with Gasteiger partial charge in [-0.05, 0) is 25.1 Å². The van der Waals surface area contributed by atoms with Crippen LogP contribution in [0.5, 0.6) is 5.75 Å². The van der Waals surface area contributed by atoms with Crippen molar-refractivity contribution < 1.29 is 27.8 Å². The van der Waals surface area contributed by atoms with Gasteiger partial charge in [0.15, 0.2) is 6.61 Å². The predicted molar refractivity (Wildman–Crippen MR) is 89.8 cm³/mol. The zero-order chi connectivity index (χ0) is 20.4. The lowest BCUT2D eigenvalue weighted by molar-refractivity contribution is -0.153. The molecule has 0 aliphatic carbocycles. The third-order valence-electron chi connectivity index (χ3n) is 3.60. The number of halogens is 4. The summed E-state index contributed by atoms with van der Waals surface area (Å²) in [5.74, 6) is -1.76. The van der Waals surface area contributed by atoms with Gasteiger partial charge >= 0.3 is 12.1 Å². The van der Waals surface area contributed by atoms with E-state index in [-0.39, 0.29) is 21.7 Å². The predicted octanol–water partition coefficient (Wildman–Crippen LogP) is 3.63. The highest BCUT2D eigenvalue weighted by Gasteiger charge is 2.30. The molecule has 0 aliphatic rings. The number of carboxylic acids is 1. The zero-order valence-corrected chi connectivity index (χ0v) is 14.5. The maximum absolute atomic E-state index is 12.6. The number of rotatable bonds is 5. The first-order chi connectivity index (χ1) is 12.5. The third-order valence-corrected chi connectivity index (χ3v) is 3.84. The molecule has 142 valence electrons. The standard InChI is InChI=1S/C17H12ClF3N2O4/c1-9(16(25)26)23-7-14(27-8-17(19,20)21)13(5-15(23)24)12-4-11(18)3-2-10(12)6-22/h2-5,7,9H,8H2,1H3,(H,25,26). The summed E-state index contributed by atoms with van der Waals surface area (Å²) in [6.07, 6.45) is -3.78. The Morgan fingerprint density at radius 2 is 2.04 bits per heavy atom. The molecular formula is C17H12ClF3N2O4. The Bertz CT molecular complexity index is 980. The van der Waals surface area contributed by atoms with E-state index < -0.39 is 36.1 Å². The third kappa shape index (κ3) is 4.80. The lowest BCUT2D eigenvalue weighted by atomic mass is 10.0. The summed E-state index contributed by atoms with van der Waals surface area (Å²) in [4.78, 5) is 23.4. The molecule has 0 aliphatic heterocycles. The quantitative estimate of drug-likeness (QED) is 0.827. The van der Waals surface area contributed by atoms with Gasteiger partial charge in [0.2, 0.25) is 0 Å². The number of ether oxygens (including phenoxy) is 1. The average molecular weight is 401 g/mol. The Morgan fingerprint density at radius 1 is 1.37 bits per heavy atom. The van der Waals surface area contributed by atoms with Gasteiger partial charge in [-0.3, -0.25) is 9.36 Å². The van der Waals surface area contributed by atoms with Crippen LogP contribution < -0.4 is 10.3 Å². The Balaban J connectivity index is 2.71. The number of hydrogen-bond donors (Lipinski definition) is 1. The second-order valence-electron chi connectivity index (χ2n) is 5.52. The number of alkyl halides is 3. The van der Waals surface area contributed by atoms with Gasteiger partial charge in [-0.2, -0.15) is 18.4 Å². The van der Waals surface area contributed by atoms with Crippen molar-refractivity contribution in [3.8, 4) is 22.9 Å². The molecule has 1 aromatic carbocycles. The van der Waals surface area contributed by atoms with Gasteiger partial charge in [-0.15, -0.1) is 0 Å². The van der Waals surface area contributed by atoms with Gasteiger partial charge in [0.1, 0.15) is 11.8 Å². The molecule has 0 spiro atoms. The van der Waals surface area contributed by atoms with Crippen LogP contribution in [-0.2, 0) is 4.79 Å². The molecule has 0 saturated heterocycles. The molecule has 1 aromatic heterocycles. The SMILES string of the molecule is CC(C(=O)O)n1cc(OCC(F)(F)F)c(-c2cc(Cl)ccc2C#N)cc1=O. The topological polar surface area (TPSA) is 92.3 Å². The van der Waals surface area contributed by atoms with Crippen molar-refractivity contribution in [2.75, 3.05) is 6.61 Å². The first kappa shape index (κ1) is 20.3. The number of carboxylic acid groups (broad SMARTS) is 1. The Labute approximate surface area is 156 Å². The lowest BCUT2D eigenvalue weighted by Crippen LogP contribution is -2.28. The fourth-order valence-electron chi connectivity index (χ4n) is 2.27. The molecule has 1 heterocycles. The van der Waals surface area contributed by atoms with Gasteiger partial charge in [0.05, 0.1) is 17.8 Å². The van der Waals surface area contributed by atoms with Crippen LogP contribution in [0.25, 0.3) is 11.1 Å². The Kier molecular flexibility index (Phi) is 5.81. The second-order valence-corrected chi connectivity index (χ2v) is 5.95. The van der Waals surface area contributed by atoms with Crippen LogP contribution in [0.3, 0.4) is 0 Å². The molecule has 2 aromatic rings. The van der Waals surface area contributed by atoms with E-state index >= 15 is 0 Å². The molecule has 0 bridgehead atoms. The number of aliphatic carboxylic acids is 1. The van der Waals surface area contributed by atoms with E-state index in [1.54, 1.807) is 0 Å². The van der Waals surface area contributed by atoms with Gasteiger partial charge in [-0.25, -0.2) is 4.79 Å². The monoisotopic (exact) mass is 400 g/mol. The van der Waals surface area contributed by atoms with Crippen molar-refractivity contribution >= 4 is 17.6 Å². The lowest BCUT2D eigenvalue weighted by Gasteiger charge is -2.18. The molecule has 2 rings (SSSR count). The number of pyridine rings is 1. The van der Waals surface area contributed by atoms with Crippen LogP contribution in [0, 0.1) is 11.3 Å². The Morgan fingerprint density at radius 3 is 2.59 bits per heavy atom. The van der Waals surface area contributed by atoms with Crippen LogP contribution in [0.2, 0.25) is 5.02 Å². The van der Waals surface area contributed by atoms with Crippen molar-refractivity contribution in [1.82, 2.24) is 4.57 Å². The van der Waals surface area contributed by atoms with Crippen LogP contribution in [0.4, 0.5) is 13.2 Å². The summed E-state index contributed by atoms with van der Waals surface area (Å²) in [6.45, 7) is -0.473. The highest BCUT2D eigenvalue weighted by molar-refractivity contribution is 6.31. The van der Waals surface area contributed by atoms with Crippen molar-refractivity contribution in [3.63, 3.8) is 0 Å². The zero-order valence-electron chi connectivity index (χ0n) is 13.7. The largest absolute Gasteiger partial charge is 0.482 e. The molecule has 1 N–H and O–H groups in total. The second kappa shape index (κ2) is 7.72. The number of aromatic nitrogens is 1. The summed E-state index contributed by atoms with van der Waals surface area (Å²) >= 11 is 5.90. The highest BCUT2D eigenvalue weighted by Crippen LogP contribution is 2.34. The van der Waals surface area contributed by atoms with Crippen molar-refractivity contribution in [2.24, 2.45) is 0 Å². The normalized spacial score (nSPS) is 12.3. The van der Waals surface area contributed by atoms with E-state index in [2.05, 4.69) is 0 Å². The summed E-state index contributed by atoms with van der Waals surface area (Å²) in [5.41, 5.74) is -0.741. The molecule has 0 saturated carbocycles. The van der Waals surface area contributed by atoms with E-state index in [1.165, 1.54) is 25.1 Å².